The SMILES string of the molecule is Nc1ccc(C(=O)Nc2ccccn2)cc1[N+](=O)[O-]. The van der Waals surface area contributed by atoms with Crippen LogP contribution in [-0.2, 0) is 0 Å². The second kappa shape index (κ2) is 5.13. The number of hydrogen-bond donors (Lipinski definition) is 2. The Balaban J connectivity index is 2.25. The van der Waals surface area contributed by atoms with Gasteiger partial charge in [-0.1, -0.05) is 6.07 Å². The number of nitrogen functional groups attached to an aromatic ring is 1. The third kappa shape index (κ3) is 2.83. The summed E-state index contributed by atoms with van der Waals surface area (Å²) in [4.78, 5) is 25.9. The number of pyridine rings is 1. The highest BCUT2D eigenvalue weighted by Crippen LogP contribution is 2.22. The largest absolute Gasteiger partial charge is 0.393 e. The van der Waals surface area contributed by atoms with Crippen molar-refractivity contribution in [1.82, 2.24) is 4.98 Å². The van der Waals surface area contributed by atoms with Gasteiger partial charge in [0.15, 0.2) is 0 Å². The molecule has 1 amide bonds. The summed E-state index contributed by atoms with van der Waals surface area (Å²) in [5, 5.41) is 13.3. The van der Waals surface area contributed by atoms with Crippen LogP contribution in [0.4, 0.5) is 17.2 Å². The van der Waals surface area contributed by atoms with Crippen LogP contribution in [0.1, 0.15) is 10.4 Å². The minimum absolute atomic E-state index is 0.0133. The predicted octanol–water partition coefficient (Wildman–Crippen LogP) is 1.82. The molecule has 0 saturated heterocycles. The molecule has 96 valence electrons. The molecular formula is C12H10N4O3. The summed E-state index contributed by atoms with van der Waals surface area (Å²) in [6.45, 7) is 0. The summed E-state index contributed by atoms with van der Waals surface area (Å²) in [7, 11) is 0. The van der Waals surface area contributed by atoms with E-state index in [1.165, 1.54) is 18.3 Å². The molecule has 2 aromatic rings. The van der Waals surface area contributed by atoms with Crippen molar-refractivity contribution >= 4 is 23.1 Å². The molecule has 0 atom stereocenters. The van der Waals surface area contributed by atoms with Gasteiger partial charge in [0, 0.05) is 17.8 Å². The zero-order chi connectivity index (χ0) is 13.8. The van der Waals surface area contributed by atoms with Crippen molar-refractivity contribution in [3.63, 3.8) is 0 Å². The number of benzene rings is 1. The second-order valence-electron chi connectivity index (χ2n) is 3.70. The van der Waals surface area contributed by atoms with Crippen molar-refractivity contribution in [2.24, 2.45) is 0 Å². The lowest BCUT2D eigenvalue weighted by molar-refractivity contribution is -0.383. The molecule has 0 radical (unpaired) electrons. The molecular weight excluding hydrogens is 248 g/mol. The van der Waals surface area contributed by atoms with Crippen molar-refractivity contribution in [2.75, 3.05) is 11.1 Å². The van der Waals surface area contributed by atoms with Crippen LogP contribution in [0.5, 0.6) is 0 Å². The average Bonchev–Trinajstić information content (AvgIpc) is 2.40. The second-order valence-corrected chi connectivity index (χ2v) is 3.70. The van der Waals surface area contributed by atoms with Gasteiger partial charge in [-0.2, -0.15) is 0 Å². The molecule has 19 heavy (non-hydrogen) atoms. The molecule has 0 fully saturated rings. The number of nitrogens with one attached hydrogen (secondary N) is 1. The summed E-state index contributed by atoms with van der Waals surface area (Å²) in [6, 6.07) is 8.92. The molecule has 0 unspecified atom stereocenters. The quantitative estimate of drug-likeness (QED) is 0.495. The Kier molecular flexibility index (Phi) is 3.37. The van der Waals surface area contributed by atoms with Crippen molar-refractivity contribution < 1.29 is 9.72 Å². The Hall–Kier alpha value is -2.96. The van der Waals surface area contributed by atoms with Crippen LogP contribution in [0.2, 0.25) is 0 Å². The highest BCUT2D eigenvalue weighted by molar-refractivity contribution is 6.04. The molecule has 0 aliphatic rings. The Labute approximate surface area is 108 Å². The van der Waals surface area contributed by atoms with Gasteiger partial charge in [-0.3, -0.25) is 14.9 Å². The molecule has 7 heteroatoms. The van der Waals surface area contributed by atoms with Gasteiger partial charge < -0.3 is 11.1 Å². The monoisotopic (exact) mass is 258 g/mol. The zero-order valence-electron chi connectivity index (χ0n) is 9.74. The van der Waals surface area contributed by atoms with E-state index in [0.29, 0.717) is 5.82 Å². The Morgan fingerprint density at radius 1 is 1.32 bits per heavy atom. The number of rotatable bonds is 3. The maximum Gasteiger partial charge on any atom is 0.292 e. The average molecular weight is 258 g/mol. The van der Waals surface area contributed by atoms with E-state index in [1.54, 1.807) is 18.2 Å². The van der Waals surface area contributed by atoms with Gasteiger partial charge >= 0.3 is 0 Å². The fourth-order valence-corrected chi connectivity index (χ4v) is 1.47. The van der Waals surface area contributed by atoms with E-state index < -0.39 is 10.8 Å². The van der Waals surface area contributed by atoms with Crippen LogP contribution in [0, 0.1) is 10.1 Å². The van der Waals surface area contributed by atoms with Crippen LogP contribution in [0.15, 0.2) is 42.6 Å². The lowest BCUT2D eigenvalue weighted by Crippen LogP contribution is -2.13. The molecule has 1 aromatic heterocycles. The van der Waals surface area contributed by atoms with E-state index in [-0.39, 0.29) is 16.9 Å². The normalized spacial score (nSPS) is 9.89. The number of nitro benzene ring substituents is 1. The first-order valence-corrected chi connectivity index (χ1v) is 5.34. The van der Waals surface area contributed by atoms with Crippen LogP contribution in [0.3, 0.4) is 0 Å². The first-order chi connectivity index (χ1) is 9.08. The van der Waals surface area contributed by atoms with Gasteiger partial charge in [-0.15, -0.1) is 0 Å². The number of nitro groups is 1. The third-order valence-electron chi connectivity index (χ3n) is 2.40. The standard InChI is InChI=1S/C12H10N4O3/c13-9-5-4-8(7-10(9)16(18)19)12(17)15-11-3-1-2-6-14-11/h1-7H,13H2,(H,14,15,17). The maximum absolute atomic E-state index is 11.9. The number of amides is 1. The maximum atomic E-state index is 11.9. The molecule has 1 heterocycles. The van der Waals surface area contributed by atoms with Crippen LogP contribution < -0.4 is 11.1 Å². The van der Waals surface area contributed by atoms with Gasteiger partial charge in [0.05, 0.1) is 4.92 Å². The number of aromatic nitrogens is 1. The first-order valence-electron chi connectivity index (χ1n) is 5.34. The fraction of sp³-hybridized carbons (Fsp3) is 0. The lowest BCUT2D eigenvalue weighted by Gasteiger charge is -2.04. The van der Waals surface area contributed by atoms with Gasteiger partial charge in [0.2, 0.25) is 0 Å². The van der Waals surface area contributed by atoms with Crippen molar-refractivity contribution in [3.8, 4) is 0 Å². The molecule has 0 spiro atoms. The highest BCUT2D eigenvalue weighted by Gasteiger charge is 2.15. The van der Waals surface area contributed by atoms with E-state index in [0.717, 1.165) is 6.07 Å². The number of nitrogens with zero attached hydrogens (tertiary/aromatic N) is 2. The smallest absolute Gasteiger partial charge is 0.292 e. The molecule has 7 nitrogen and oxygen atoms in total. The summed E-state index contributed by atoms with van der Waals surface area (Å²) in [6.07, 6.45) is 1.53. The Bertz CT molecular complexity index is 628. The number of hydrogen-bond acceptors (Lipinski definition) is 5. The van der Waals surface area contributed by atoms with Crippen LogP contribution in [-0.4, -0.2) is 15.8 Å². The summed E-state index contributed by atoms with van der Waals surface area (Å²) < 4.78 is 0. The van der Waals surface area contributed by atoms with E-state index in [1.807, 2.05) is 0 Å². The number of anilines is 2. The summed E-state index contributed by atoms with van der Waals surface area (Å²) >= 11 is 0. The van der Waals surface area contributed by atoms with Crippen molar-refractivity contribution in [3.05, 3.63) is 58.3 Å². The van der Waals surface area contributed by atoms with E-state index in [9.17, 15) is 14.9 Å². The van der Waals surface area contributed by atoms with E-state index >= 15 is 0 Å². The predicted molar refractivity (Wildman–Crippen MR) is 69.7 cm³/mol. The lowest BCUT2D eigenvalue weighted by atomic mass is 10.1. The van der Waals surface area contributed by atoms with E-state index in [2.05, 4.69) is 10.3 Å². The van der Waals surface area contributed by atoms with E-state index in [4.69, 9.17) is 5.73 Å². The minimum Gasteiger partial charge on any atom is -0.393 e. The number of carbonyl (C=O) groups excluding carboxylic acids is 1. The van der Waals surface area contributed by atoms with Gasteiger partial charge in [0.25, 0.3) is 11.6 Å². The van der Waals surface area contributed by atoms with Gasteiger partial charge in [0.1, 0.15) is 11.5 Å². The van der Waals surface area contributed by atoms with Gasteiger partial charge in [-0.25, -0.2) is 4.98 Å². The van der Waals surface area contributed by atoms with Crippen molar-refractivity contribution in [1.29, 1.82) is 0 Å². The topological polar surface area (TPSA) is 111 Å². The zero-order valence-corrected chi connectivity index (χ0v) is 9.74. The molecule has 0 bridgehead atoms. The first kappa shape index (κ1) is 12.5. The van der Waals surface area contributed by atoms with Crippen LogP contribution >= 0.6 is 0 Å². The summed E-state index contributed by atoms with van der Waals surface area (Å²) in [5.74, 6) is -0.117. The molecule has 0 aliphatic heterocycles. The minimum atomic E-state index is -0.632. The number of carbonyl (C=O) groups is 1. The molecule has 0 aliphatic carbocycles. The Morgan fingerprint density at radius 3 is 2.74 bits per heavy atom. The van der Waals surface area contributed by atoms with Gasteiger partial charge in [-0.05, 0) is 24.3 Å². The van der Waals surface area contributed by atoms with Crippen molar-refractivity contribution in [2.45, 2.75) is 0 Å². The Morgan fingerprint density at radius 2 is 2.11 bits per heavy atom. The highest BCUT2D eigenvalue weighted by atomic mass is 16.6. The third-order valence-corrected chi connectivity index (χ3v) is 2.40. The molecule has 1 aromatic carbocycles. The molecule has 2 rings (SSSR count). The summed E-state index contributed by atoms with van der Waals surface area (Å²) in [5.41, 5.74) is 5.32. The fourth-order valence-electron chi connectivity index (χ4n) is 1.47. The van der Waals surface area contributed by atoms with Crippen LogP contribution in [0.25, 0.3) is 0 Å². The number of nitrogens with two attached hydrogens (primary N) is 1. The molecule has 3 N–H and O–H groups in total. The molecule has 0 saturated carbocycles.